The Morgan fingerprint density at radius 1 is 1.40 bits per heavy atom. The van der Waals surface area contributed by atoms with Crippen LogP contribution in [0.5, 0.6) is 5.75 Å². The topological polar surface area (TPSA) is 77.5 Å². The third-order valence-electron chi connectivity index (χ3n) is 2.49. The van der Waals surface area contributed by atoms with Gasteiger partial charge >= 0.3 is 0 Å². The molecule has 0 atom stereocenters. The number of hydrogen-bond acceptors (Lipinski definition) is 4. The molecule has 0 radical (unpaired) electrons. The van der Waals surface area contributed by atoms with Crippen LogP contribution in [-0.2, 0) is 0 Å². The second-order valence-electron chi connectivity index (χ2n) is 4.18. The van der Waals surface area contributed by atoms with Gasteiger partial charge in [0.05, 0.1) is 5.56 Å². The molecule has 3 N–H and O–H groups in total. The first-order valence-corrected chi connectivity index (χ1v) is 6.33. The van der Waals surface area contributed by atoms with E-state index >= 15 is 0 Å². The van der Waals surface area contributed by atoms with Gasteiger partial charge in [0.25, 0.3) is 5.91 Å². The summed E-state index contributed by atoms with van der Waals surface area (Å²) in [6.07, 6.45) is 1.42. The van der Waals surface area contributed by atoms with Crippen molar-refractivity contribution in [1.82, 2.24) is 0 Å². The first-order chi connectivity index (χ1) is 9.54. The Bertz CT molecular complexity index is 620. The molecule has 5 nitrogen and oxygen atoms in total. The van der Waals surface area contributed by atoms with Crippen molar-refractivity contribution in [3.63, 3.8) is 0 Å². The zero-order chi connectivity index (χ0) is 14.5. The van der Waals surface area contributed by atoms with Gasteiger partial charge in [0, 0.05) is 5.69 Å². The Kier molecular flexibility index (Phi) is 4.37. The molecule has 0 bridgehead atoms. The Morgan fingerprint density at radius 2 is 2.10 bits per heavy atom. The van der Waals surface area contributed by atoms with Crippen LogP contribution in [0.1, 0.15) is 16.1 Å². The van der Waals surface area contributed by atoms with Gasteiger partial charge in [-0.25, -0.2) is 0 Å². The van der Waals surface area contributed by atoms with Gasteiger partial charge in [-0.2, -0.15) is 0 Å². The summed E-state index contributed by atoms with van der Waals surface area (Å²) in [6, 6.07) is 8.61. The molecule has 1 heterocycles. The average molecular weight is 290 g/mol. The van der Waals surface area contributed by atoms with E-state index in [1.165, 1.54) is 6.26 Å². The zero-order valence-corrected chi connectivity index (χ0v) is 11.7. The molecule has 0 saturated heterocycles. The first-order valence-electron chi connectivity index (χ1n) is 5.92. The molecule has 0 spiro atoms. The van der Waals surface area contributed by atoms with Crippen LogP contribution >= 0.6 is 12.2 Å². The lowest BCUT2D eigenvalue weighted by atomic mass is 10.2. The highest BCUT2D eigenvalue weighted by atomic mass is 32.1. The summed E-state index contributed by atoms with van der Waals surface area (Å²) in [6.45, 7) is 1.97. The fourth-order valence-electron chi connectivity index (χ4n) is 1.55. The molecule has 104 valence electrons. The van der Waals surface area contributed by atoms with Crippen LogP contribution in [0.2, 0.25) is 0 Å². The predicted molar refractivity (Wildman–Crippen MR) is 80.1 cm³/mol. The van der Waals surface area contributed by atoms with Crippen LogP contribution in [0, 0.1) is 6.92 Å². The van der Waals surface area contributed by atoms with Crippen molar-refractivity contribution in [2.24, 2.45) is 5.73 Å². The molecule has 0 aliphatic rings. The van der Waals surface area contributed by atoms with Gasteiger partial charge in [-0.1, -0.05) is 12.2 Å². The van der Waals surface area contributed by atoms with Crippen molar-refractivity contribution in [3.8, 4) is 5.75 Å². The number of ether oxygens (including phenoxy) is 1. The summed E-state index contributed by atoms with van der Waals surface area (Å²) in [5.74, 6) is 1.10. The summed E-state index contributed by atoms with van der Waals surface area (Å²) < 4.78 is 10.4. The first kappa shape index (κ1) is 14.1. The largest absolute Gasteiger partial charge is 0.487 e. The molecule has 20 heavy (non-hydrogen) atoms. The monoisotopic (exact) mass is 290 g/mol. The second kappa shape index (κ2) is 6.21. The second-order valence-corrected chi connectivity index (χ2v) is 4.70. The van der Waals surface area contributed by atoms with Crippen molar-refractivity contribution < 1.29 is 13.9 Å². The lowest BCUT2D eigenvalue weighted by Gasteiger charge is -2.07. The quantitative estimate of drug-likeness (QED) is 0.827. The maximum atomic E-state index is 11.9. The fraction of sp³-hybridized carbons (Fsp3) is 0.143. The number of nitrogens with two attached hydrogens (primary N) is 1. The number of amides is 1. The Balaban J connectivity index is 1.96. The minimum Gasteiger partial charge on any atom is -0.487 e. The fourth-order valence-corrected chi connectivity index (χ4v) is 1.61. The number of aryl methyl sites for hydroxylation is 1. The number of furan rings is 1. The van der Waals surface area contributed by atoms with Gasteiger partial charge in [0.1, 0.15) is 29.4 Å². The highest BCUT2D eigenvalue weighted by Gasteiger charge is 2.08. The predicted octanol–water partition coefficient (Wildman–Crippen LogP) is 2.51. The van der Waals surface area contributed by atoms with Crippen molar-refractivity contribution in [2.75, 3.05) is 11.9 Å². The lowest BCUT2D eigenvalue weighted by molar-refractivity contribution is 0.102. The van der Waals surface area contributed by atoms with Crippen molar-refractivity contribution in [2.45, 2.75) is 6.92 Å². The molecule has 0 aliphatic carbocycles. The Labute approximate surface area is 121 Å². The van der Waals surface area contributed by atoms with Crippen LogP contribution in [0.3, 0.4) is 0 Å². The molecule has 1 aromatic carbocycles. The van der Waals surface area contributed by atoms with Gasteiger partial charge in [-0.05, 0) is 37.3 Å². The van der Waals surface area contributed by atoms with Crippen LogP contribution in [-0.4, -0.2) is 17.5 Å². The van der Waals surface area contributed by atoms with Crippen molar-refractivity contribution >= 4 is 28.8 Å². The molecular formula is C14H14N2O3S. The van der Waals surface area contributed by atoms with E-state index in [1.54, 1.807) is 37.3 Å². The molecule has 2 aromatic rings. The van der Waals surface area contributed by atoms with Crippen LogP contribution in [0.15, 0.2) is 41.0 Å². The Morgan fingerprint density at radius 3 is 2.65 bits per heavy atom. The number of carbonyl (C=O) groups is 1. The molecule has 0 saturated carbocycles. The van der Waals surface area contributed by atoms with E-state index < -0.39 is 0 Å². The van der Waals surface area contributed by atoms with Crippen LogP contribution in [0.4, 0.5) is 5.69 Å². The molecule has 1 aromatic heterocycles. The van der Waals surface area contributed by atoms with E-state index in [9.17, 15) is 4.79 Å². The summed E-state index contributed by atoms with van der Waals surface area (Å²) >= 11 is 4.72. The molecule has 0 fully saturated rings. The highest BCUT2D eigenvalue weighted by molar-refractivity contribution is 7.80. The van der Waals surface area contributed by atoms with Gasteiger partial charge in [0.2, 0.25) is 0 Å². The minimum atomic E-state index is -0.223. The van der Waals surface area contributed by atoms with E-state index in [1.807, 2.05) is 0 Å². The van der Waals surface area contributed by atoms with Gasteiger partial charge in [-0.3, -0.25) is 4.79 Å². The van der Waals surface area contributed by atoms with Crippen LogP contribution < -0.4 is 15.8 Å². The average Bonchev–Trinajstić information content (AvgIpc) is 2.85. The molecule has 2 rings (SSSR count). The minimum absolute atomic E-state index is 0.190. The molecular weight excluding hydrogens is 276 g/mol. The normalized spacial score (nSPS) is 10.1. The number of hydrogen-bond donors (Lipinski definition) is 2. The third kappa shape index (κ3) is 3.83. The summed E-state index contributed by atoms with van der Waals surface area (Å²) in [7, 11) is 0. The molecule has 6 heteroatoms. The number of benzene rings is 1. The van der Waals surface area contributed by atoms with Gasteiger partial charge in [-0.15, -0.1) is 0 Å². The van der Waals surface area contributed by atoms with E-state index in [4.69, 9.17) is 27.1 Å². The van der Waals surface area contributed by atoms with Crippen molar-refractivity contribution in [3.05, 3.63) is 47.9 Å². The summed E-state index contributed by atoms with van der Waals surface area (Å²) in [5, 5.41) is 2.76. The molecule has 1 amide bonds. The number of carbonyl (C=O) groups excluding carboxylic acids is 1. The number of nitrogens with one attached hydrogen (secondary N) is 1. The van der Waals surface area contributed by atoms with E-state index in [2.05, 4.69) is 5.32 Å². The Hall–Kier alpha value is -2.34. The lowest BCUT2D eigenvalue weighted by Crippen LogP contribution is -2.17. The standard InChI is InChI=1S/C14H14N2O3S/c1-9-6-10(7-18-9)14(17)16-11-2-4-12(5-3-11)19-8-13(15)20/h2-7H,8H2,1H3,(H2,15,20)(H,16,17). The van der Waals surface area contributed by atoms with Crippen LogP contribution in [0.25, 0.3) is 0 Å². The number of thiocarbonyl (C=S) groups is 1. The molecule has 0 unspecified atom stereocenters. The zero-order valence-electron chi connectivity index (χ0n) is 10.9. The summed E-state index contributed by atoms with van der Waals surface area (Å²) in [4.78, 5) is 12.2. The maximum absolute atomic E-state index is 11.9. The summed E-state index contributed by atoms with van der Waals surface area (Å²) in [5.41, 5.74) is 6.49. The van der Waals surface area contributed by atoms with E-state index in [0.717, 1.165) is 0 Å². The molecule has 0 aliphatic heterocycles. The SMILES string of the molecule is Cc1cc(C(=O)Nc2ccc(OCC(N)=S)cc2)co1. The third-order valence-corrected chi connectivity index (χ3v) is 2.60. The van der Waals surface area contributed by atoms with E-state index in [0.29, 0.717) is 22.8 Å². The van der Waals surface area contributed by atoms with Crippen molar-refractivity contribution in [1.29, 1.82) is 0 Å². The highest BCUT2D eigenvalue weighted by Crippen LogP contribution is 2.17. The van der Waals surface area contributed by atoms with E-state index in [-0.39, 0.29) is 17.5 Å². The van der Waals surface area contributed by atoms with Gasteiger partial charge in [0.15, 0.2) is 0 Å². The maximum Gasteiger partial charge on any atom is 0.258 e. The number of anilines is 1. The number of rotatable bonds is 5. The van der Waals surface area contributed by atoms with Gasteiger partial charge < -0.3 is 20.2 Å². The smallest absolute Gasteiger partial charge is 0.258 e.